The van der Waals surface area contributed by atoms with Crippen molar-refractivity contribution in [3.8, 4) is 0 Å². The van der Waals surface area contributed by atoms with E-state index in [0.717, 1.165) is 50.2 Å². The first kappa shape index (κ1) is 13.1. The van der Waals surface area contributed by atoms with Crippen LogP contribution in [0.5, 0.6) is 0 Å². The van der Waals surface area contributed by atoms with Crippen LogP contribution >= 0.6 is 0 Å². The van der Waals surface area contributed by atoms with Crippen molar-refractivity contribution in [2.75, 3.05) is 19.6 Å². The minimum Gasteiger partial charge on any atom is -0.339 e. The quantitative estimate of drug-likeness (QED) is 0.868. The number of piperidine rings is 1. The maximum Gasteiger partial charge on any atom is 0.257 e. The number of nitrogens with two attached hydrogens (primary N) is 1. The Balaban J connectivity index is 1.97. The van der Waals surface area contributed by atoms with Gasteiger partial charge in [-0.25, -0.2) is 0 Å². The van der Waals surface area contributed by atoms with Crippen molar-refractivity contribution in [3.05, 3.63) is 17.5 Å². The Morgan fingerprint density at radius 1 is 1.50 bits per heavy atom. The zero-order valence-corrected chi connectivity index (χ0v) is 11.2. The fraction of sp³-hybridized carbons (Fsp3) is 0.692. The number of hydrogen-bond acceptors (Lipinski definition) is 3. The SMILES string of the molecule is Cc1nn(C)cc1C(=O)N1CCC(CCN)CC1. The van der Waals surface area contributed by atoms with E-state index in [1.54, 1.807) is 4.68 Å². The van der Waals surface area contributed by atoms with E-state index in [-0.39, 0.29) is 5.91 Å². The number of amides is 1. The molecule has 0 bridgehead atoms. The first-order valence-electron chi connectivity index (χ1n) is 6.61. The minimum absolute atomic E-state index is 0.117. The second kappa shape index (κ2) is 5.52. The Morgan fingerprint density at radius 2 is 2.17 bits per heavy atom. The van der Waals surface area contributed by atoms with Gasteiger partial charge in [0.05, 0.1) is 11.3 Å². The van der Waals surface area contributed by atoms with Gasteiger partial charge in [0.15, 0.2) is 0 Å². The molecule has 1 saturated heterocycles. The lowest BCUT2D eigenvalue weighted by Crippen LogP contribution is -2.39. The summed E-state index contributed by atoms with van der Waals surface area (Å²) in [5.74, 6) is 0.806. The van der Waals surface area contributed by atoms with E-state index < -0.39 is 0 Å². The molecule has 2 N–H and O–H groups in total. The molecule has 1 amide bonds. The first-order valence-corrected chi connectivity index (χ1v) is 6.61. The van der Waals surface area contributed by atoms with Crippen LogP contribution in [0.2, 0.25) is 0 Å². The second-order valence-electron chi connectivity index (χ2n) is 5.11. The summed E-state index contributed by atoms with van der Waals surface area (Å²) in [4.78, 5) is 14.3. The summed E-state index contributed by atoms with van der Waals surface area (Å²) >= 11 is 0. The Hall–Kier alpha value is -1.36. The van der Waals surface area contributed by atoms with E-state index in [1.165, 1.54) is 0 Å². The summed E-state index contributed by atoms with van der Waals surface area (Å²) in [6.45, 7) is 4.32. The zero-order chi connectivity index (χ0) is 13.1. The number of nitrogens with zero attached hydrogens (tertiary/aromatic N) is 3. The number of carbonyl (C=O) groups is 1. The molecule has 1 aromatic rings. The van der Waals surface area contributed by atoms with Crippen molar-refractivity contribution in [1.29, 1.82) is 0 Å². The van der Waals surface area contributed by atoms with E-state index in [2.05, 4.69) is 5.10 Å². The highest BCUT2D eigenvalue weighted by Crippen LogP contribution is 2.21. The summed E-state index contributed by atoms with van der Waals surface area (Å²) in [5, 5.41) is 4.22. The van der Waals surface area contributed by atoms with Gasteiger partial charge in [0.2, 0.25) is 0 Å². The van der Waals surface area contributed by atoms with Gasteiger partial charge >= 0.3 is 0 Å². The van der Waals surface area contributed by atoms with Crippen LogP contribution < -0.4 is 5.73 Å². The molecule has 5 heteroatoms. The first-order chi connectivity index (χ1) is 8.61. The third-order valence-corrected chi connectivity index (χ3v) is 3.72. The van der Waals surface area contributed by atoms with Crippen molar-refractivity contribution in [1.82, 2.24) is 14.7 Å². The fourth-order valence-electron chi connectivity index (χ4n) is 2.64. The average molecular weight is 250 g/mol. The van der Waals surface area contributed by atoms with Crippen LogP contribution in [0.3, 0.4) is 0 Å². The van der Waals surface area contributed by atoms with Gasteiger partial charge in [-0.2, -0.15) is 5.10 Å². The van der Waals surface area contributed by atoms with Crippen molar-refractivity contribution in [2.24, 2.45) is 18.7 Å². The maximum atomic E-state index is 12.3. The molecule has 100 valence electrons. The van der Waals surface area contributed by atoms with Gasteiger partial charge in [0.25, 0.3) is 5.91 Å². The molecular formula is C13H22N4O. The molecule has 0 saturated carbocycles. The second-order valence-corrected chi connectivity index (χ2v) is 5.11. The smallest absolute Gasteiger partial charge is 0.257 e. The highest BCUT2D eigenvalue weighted by Gasteiger charge is 2.25. The zero-order valence-electron chi connectivity index (χ0n) is 11.2. The highest BCUT2D eigenvalue weighted by atomic mass is 16.2. The van der Waals surface area contributed by atoms with E-state index in [4.69, 9.17) is 5.73 Å². The molecule has 18 heavy (non-hydrogen) atoms. The topological polar surface area (TPSA) is 64.2 Å². The molecule has 0 aromatic carbocycles. The highest BCUT2D eigenvalue weighted by molar-refractivity contribution is 5.95. The number of rotatable bonds is 3. The molecule has 0 atom stereocenters. The van der Waals surface area contributed by atoms with Crippen molar-refractivity contribution >= 4 is 5.91 Å². The van der Waals surface area contributed by atoms with Gasteiger partial charge in [-0.3, -0.25) is 9.48 Å². The van der Waals surface area contributed by atoms with Crippen molar-refractivity contribution in [3.63, 3.8) is 0 Å². The number of hydrogen-bond donors (Lipinski definition) is 1. The van der Waals surface area contributed by atoms with Crippen LogP contribution in [-0.2, 0) is 7.05 Å². The lowest BCUT2D eigenvalue weighted by molar-refractivity contribution is 0.0687. The number of likely N-dealkylation sites (tertiary alicyclic amines) is 1. The third-order valence-electron chi connectivity index (χ3n) is 3.72. The summed E-state index contributed by atoms with van der Waals surface area (Å²) in [5.41, 5.74) is 7.12. The standard InChI is InChI=1S/C13H22N4O/c1-10-12(9-16(2)15-10)13(18)17-7-4-11(3-6-14)5-8-17/h9,11H,3-8,14H2,1-2H3. The molecular weight excluding hydrogens is 228 g/mol. The van der Waals surface area contributed by atoms with Gasteiger partial charge < -0.3 is 10.6 Å². The van der Waals surface area contributed by atoms with E-state index in [9.17, 15) is 4.79 Å². The Kier molecular flexibility index (Phi) is 4.01. The number of aromatic nitrogens is 2. The lowest BCUT2D eigenvalue weighted by atomic mass is 9.93. The van der Waals surface area contributed by atoms with Gasteiger partial charge in [0, 0.05) is 26.3 Å². The Bertz CT molecular complexity index is 419. The molecule has 0 radical (unpaired) electrons. The van der Waals surface area contributed by atoms with E-state index >= 15 is 0 Å². The molecule has 0 unspecified atom stereocenters. The van der Waals surface area contributed by atoms with Gasteiger partial charge in [-0.05, 0) is 38.6 Å². The molecule has 0 spiro atoms. The predicted molar refractivity (Wildman–Crippen MR) is 70.2 cm³/mol. The van der Waals surface area contributed by atoms with Crippen LogP contribution in [-0.4, -0.2) is 40.2 Å². The average Bonchev–Trinajstić information content (AvgIpc) is 2.69. The molecule has 1 aromatic heterocycles. The normalized spacial score (nSPS) is 17.2. The summed E-state index contributed by atoms with van der Waals surface area (Å²) in [6.07, 6.45) is 5.03. The summed E-state index contributed by atoms with van der Waals surface area (Å²) < 4.78 is 1.70. The van der Waals surface area contributed by atoms with Crippen LogP contribution in [0.15, 0.2) is 6.20 Å². The van der Waals surface area contributed by atoms with Gasteiger partial charge in [-0.15, -0.1) is 0 Å². The lowest BCUT2D eigenvalue weighted by Gasteiger charge is -2.31. The van der Waals surface area contributed by atoms with Crippen molar-refractivity contribution < 1.29 is 4.79 Å². The van der Waals surface area contributed by atoms with Crippen LogP contribution in [0, 0.1) is 12.8 Å². The van der Waals surface area contributed by atoms with E-state index in [0.29, 0.717) is 5.92 Å². The van der Waals surface area contributed by atoms with Crippen LogP contribution in [0.1, 0.15) is 35.3 Å². The maximum absolute atomic E-state index is 12.3. The Morgan fingerprint density at radius 3 is 2.67 bits per heavy atom. The minimum atomic E-state index is 0.117. The van der Waals surface area contributed by atoms with Gasteiger partial charge in [-0.1, -0.05) is 0 Å². The molecule has 1 aliphatic rings. The monoisotopic (exact) mass is 250 g/mol. The largest absolute Gasteiger partial charge is 0.339 e. The predicted octanol–water partition coefficient (Wildman–Crippen LogP) is 0.930. The molecule has 0 aliphatic carbocycles. The Labute approximate surface area is 108 Å². The van der Waals surface area contributed by atoms with Crippen molar-refractivity contribution in [2.45, 2.75) is 26.2 Å². The molecule has 2 heterocycles. The van der Waals surface area contributed by atoms with E-state index in [1.807, 2.05) is 25.1 Å². The molecule has 2 rings (SSSR count). The summed E-state index contributed by atoms with van der Waals surface area (Å²) in [6, 6.07) is 0. The molecule has 5 nitrogen and oxygen atoms in total. The number of aryl methyl sites for hydroxylation is 2. The number of carbonyl (C=O) groups excluding carboxylic acids is 1. The summed E-state index contributed by atoms with van der Waals surface area (Å²) in [7, 11) is 1.84. The fourth-order valence-corrected chi connectivity index (χ4v) is 2.64. The van der Waals surface area contributed by atoms with Gasteiger partial charge in [0.1, 0.15) is 0 Å². The molecule has 1 fully saturated rings. The van der Waals surface area contributed by atoms with Crippen LogP contribution in [0.25, 0.3) is 0 Å². The molecule has 1 aliphatic heterocycles. The van der Waals surface area contributed by atoms with Crippen LogP contribution in [0.4, 0.5) is 0 Å². The third kappa shape index (κ3) is 2.72.